The van der Waals surface area contributed by atoms with Gasteiger partial charge in [-0.25, -0.2) is 13.6 Å². The third kappa shape index (κ3) is 3.58. The van der Waals surface area contributed by atoms with Gasteiger partial charge >= 0.3 is 6.09 Å². The number of alkyl carbamates (subject to hydrolysis) is 1. The summed E-state index contributed by atoms with van der Waals surface area (Å²) < 4.78 is 36.5. The molecule has 2 aromatic carbocycles. The Morgan fingerprint density at radius 3 is 2.69 bits per heavy atom. The Labute approximate surface area is 185 Å². The first kappa shape index (κ1) is 22.1. The van der Waals surface area contributed by atoms with Crippen molar-refractivity contribution in [3.05, 3.63) is 53.2 Å². The maximum absolute atomic E-state index is 16.0. The van der Waals surface area contributed by atoms with Crippen LogP contribution in [0, 0.1) is 18.6 Å². The molecule has 0 radical (unpaired) electrons. The van der Waals surface area contributed by atoms with E-state index in [2.05, 4.69) is 15.6 Å². The van der Waals surface area contributed by atoms with Crippen LogP contribution in [0.3, 0.4) is 0 Å². The number of ether oxygens (including phenoxy) is 1. The van der Waals surface area contributed by atoms with Crippen LogP contribution in [0.2, 0.25) is 0 Å². The number of nitrogens with one attached hydrogen (secondary N) is 3. The van der Waals surface area contributed by atoms with Gasteiger partial charge in [-0.05, 0) is 46.2 Å². The lowest BCUT2D eigenvalue weighted by molar-refractivity contribution is 0.0558. The molecular formula is C24H27F2N3O3. The summed E-state index contributed by atoms with van der Waals surface area (Å²) in [5.74, 6) is -1.60. The van der Waals surface area contributed by atoms with Gasteiger partial charge < -0.3 is 25.5 Å². The van der Waals surface area contributed by atoms with Crippen LogP contribution in [-0.2, 0) is 4.74 Å². The number of rotatable bonds is 3. The minimum atomic E-state index is -1.20. The van der Waals surface area contributed by atoms with Crippen molar-refractivity contribution in [3.63, 3.8) is 0 Å². The molecule has 0 aliphatic carbocycles. The maximum Gasteiger partial charge on any atom is 0.407 e. The first-order valence-corrected chi connectivity index (χ1v) is 10.5. The number of aliphatic hydroxyl groups excluding tert-OH is 1. The number of aliphatic hydroxyl groups is 1. The summed E-state index contributed by atoms with van der Waals surface area (Å²) in [5, 5.41) is 17.4. The summed E-state index contributed by atoms with van der Waals surface area (Å²) in [6.45, 7) is 8.65. The molecule has 0 saturated carbocycles. The standard InChI is InChI=1S/C24H27F2N3O3/c1-11(2)32-23(31)28-21-18-16(29-24(4,5)22(21)30)9-15(25)17(19(18)26)14-8-6-7-13-12(3)10-27-20(13)14/h6-11,21-22,27,29-30H,1-5H3,(H,28,31)/t21-,22+/m0/s1. The third-order valence-electron chi connectivity index (χ3n) is 5.89. The molecule has 8 heteroatoms. The second-order valence-electron chi connectivity index (χ2n) is 9.08. The van der Waals surface area contributed by atoms with Crippen LogP contribution in [0.4, 0.5) is 19.3 Å². The fraction of sp³-hybridized carbons (Fsp3) is 0.375. The number of anilines is 1. The fourth-order valence-electron chi connectivity index (χ4n) is 4.31. The van der Waals surface area contributed by atoms with E-state index in [4.69, 9.17) is 4.74 Å². The van der Waals surface area contributed by atoms with Crippen LogP contribution >= 0.6 is 0 Å². The highest BCUT2D eigenvalue weighted by Gasteiger charge is 2.44. The topological polar surface area (TPSA) is 86.4 Å². The summed E-state index contributed by atoms with van der Waals surface area (Å²) in [6, 6.07) is 5.31. The van der Waals surface area contributed by atoms with Gasteiger partial charge in [-0.1, -0.05) is 18.2 Å². The number of hydrogen-bond acceptors (Lipinski definition) is 4. The molecule has 0 unspecified atom stereocenters. The Balaban J connectivity index is 1.91. The molecule has 4 N–H and O–H groups in total. The lowest BCUT2D eigenvalue weighted by Crippen LogP contribution is -2.55. The number of carbonyl (C=O) groups excluding carboxylic acids is 1. The number of amides is 1. The quantitative estimate of drug-likeness (QED) is 0.450. The predicted molar refractivity (Wildman–Crippen MR) is 120 cm³/mol. The van der Waals surface area contributed by atoms with Crippen LogP contribution in [0.25, 0.3) is 22.0 Å². The molecule has 32 heavy (non-hydrogen) atoms. The van der Waals surface area contributed by atoms with Crippen molar-refractivity contribution < 1.29 is 23.4 Å². The molecule has 6 nitrogen and oxygen atoms in total. The minimum absolute atomic E-state index is 0.0192. The van der Waals surface area contributed by atoms with E-state index >= 15 is 8.78 Å². The SMILES string of the molecule is Cc1c[nH]c2c(-c3c(F)cc4c(c3F)[C@H](NC(=O)OC(C)C)[C@@H](O)C(C)(C)N4)cccc12. The number of para-hydroxylation sites is 1. The van der Waals surface area contributed by atoms with Crippen LogP contribution in [0.5, 0.6) is 0 Å². The van der Waals surface area contributed by atoms with Crippen LogP contribution in [-0.4, -0.2) is 33.9 Å². The maximum atomic E-state index is 16.0. The number of aryl methyl sites for hydroxylation is 1. The number of fused-ring (bicyclic) bond motifs is 2. The van der Waals surface area contributed by atoms with Crippen LogP contribution in [0.1, 0.15) is 44.9 Å². The Bertz CT molecular complexity index is 1200. The van der Waals surface area contributed by atoms with E-state index in [1.165, 1.54) is 6.07 Å². The second-order valence-corrected chi connectivity index (χ2v) is 9.08. The zero-order chi connectivity index (χ0) is 23.4. The molecule has 2 atom stereocenters. The molecule has 2 heterocycles. The Morgan fingerprint density at radius 2 is 2.00 bits per heavy atom. The third-order valence-corrected chi connectivity index (χ3v) is 5.89. The highest BCUT2D eigenvalue weighted by molar-refractivity contribution is 5.96. The number of aromatic nitrogens is 1. The van der Waals surface area contributed by atoms with E-state index in [1.54, 1.807) is 46.0 Å². The molecule has 4 rings (SSSR count). The minimum Gasteiger partial charge on any atom is -0.447 e. The van der Waals surface area contributed by atoms with Crippen LogP contribution < -0.4 is 10.6 Å². The van der Waals surface area contributed by atoms with E-state index in [0.29, 0.717) is 11.1 Å². The molecule has 0 saturated heterocycles. The van der Waals surface area contributed by atoms with E-state index in [-0.39, 0.29) is 16.8 Å². The Kier molecular flexibility index (Phi) is 5.36. The normalized spacial score (nSPS) is 19.5. The van der Waals surface area contributed by atoms with Crippen molar-refractivity contribution >= 4 is 22.7 Å². The van der Waals surface area contributed by atoms with Gasteiger partial charge in [0.05, 0.1) is 28.8 Å². The summed E-state index contributed by atoms with van der Waals surface area (Å²) in [5.41, 5.74) is 0.884. The van der Waals surface area contributed by atoms with Crippen molar-refractivity contribution in [3.8, 4) is 11.1 Å². The molecule has 0 bridgehead atoms. The molecule has 1 aliphatic heterocycles. The molecular weight excluding hydrogens is 416 g/mol. The van der Waals surface area contributed by atoms with Crippen molar-refractivity contribution in [2.45, 2.75) is 58.4 Å². The van der Waals surface area contributed by atoms with Crippen molar-refractivity contribution in [2.75, 3.05) is 5.32 Å². The molecule has 0 fully saturated rings. The molecule has 170 valence electrons. The number of benzene rings is 2. The first-order chi connectivity index (χ1) is 15.0. The summed E-state index contributed by atoms with van der Waals surface area (Å²) in [7, 11) is 0. The van der Waals surface area contributed by atoms with Crippen molar-refractivity contribution in [2.24, 2.45) is 0 Å². The molecule has 1 aliphatic rings. The lowest BCUT2D eigenvalue weighted by atomic mass is 9.81. The monoisotopic (exact) mass is 443 g/mol. The van der Waals surface area contributed by atoms with Gasteiger partial charge in [0.25, 0.3) is 0 Å². The number of carbonyl (C=O) groups is 1. The van der Waals surface area contributed by atoms with Gasteiger partial charge in [-0.3, -0.25) is 0 Å². The van der Waals surface area contributed by atoms with Crippen molar-refractivity contribution in [1.29, 1.82) is 0 Å². The summed E-state index contributed by atoms with van der Waals surface area (Å²) >= 11 is 0. The average molecular weight is 443 g/mol. The number of hydrogen-bond donors (Lipinski definition) is 4. The van der Waals surface area contributed by atoms with Gasteiger partial charge in [-0.2, -0.15) is 0 Å². The van der Waals surface area contributed by atoms with E-state index in [1.807, 2.05) is 13.0 Å². The zero-order valence-electron chi connectivity index (χ0n) is 18.6. The van der Waals surface area contributed by atoms with Gasteiger partial charge in [0, 0.05) is 28.4 Å². The zero-order valence-corrected chi connectivity index (χ0v) is 18.6. The van der Waals surface area contributed by atoms with E-state index in [0.717, 1.165) is 10.9 Å². The number of halogens is 2. The first-order valence-electron chi connectivity index (χ1n) is 10.5. The van der Waals surface area contributed by atoms with Gasteiger partial charge in [-0.15, -0.1) is 0 Å². The molecule has 1 aromatic heterocycles. The number of H-pyrrole nitrogens is 1. The van der Waals surface area contributed by atoms with Gasteiger partial charge in [0.15, 0.2) is 0 Å². The van der Waals surface area contributed by atoms with Crippen LogP contribution in [0.15, 0.2) is 30.5 Å². The van der Waals surface area contributed by atoms with E-state index in [9.17, 15) is 9.90 Å². The number of aromatic amines is 1. The smallest absolute Gasteiger partial charge is 0.407 e. The van der Waals surface area contributed by atoms with Crippen molar-refractivity contribution in [1.82, 2.24) is 10.3 Å². The fourth-order valence-corrected chi connectivity index (χ4v) is 4.31. The summed E-state index contributed by atoms with van der Waals surface area (Å²) in [6.07, 6.45) is -0.613. The predicted octanol–water partition coefficient (Wildman–Crippen LogP) is 5.16. The highest BCUT2D eigenvalue weighted by Crippen LogP contribution is 2.44. The largest absolute Gasteiger partial charge is 0.447 e. The average Bonchev–Trinajstić information content (AvgIpc) is 3.06. The molecule has 1 amide bonds. The lowest BCUT2D eigenvalue weighted by Gasteiger charge is -2.43. The second kappa shape index (κ2) is 7.78. The Hall–Kier alpha value is -3.13. The van der Waals surface area contributed by atoms with Gasteiger partial charge in [0.2, 0.25) is 0 Å². The van der Waals surface area contributed by atoms with E-state index < -0.39 is 41.5 Å². The highest BCUT2D eigenvalue weighted by atomic mass is 19.1. The molecule has 3 aromatic rings. The summed E-state index contributed by atoms with van der Waals surface area (Å²) in [4.78, 5) is 15.4. The molecule has 0 spiro atoms. The Morgan fingerprint density at radius 1 is 1.28 bits per heavy atom. The van der Waals surface area contributed by atoms with Gasteiger partial charge in [0.1, 0.15) is 17.7 Å².